The maximum Gasteiger partial charge on any atom is 0.240 e. The molecule has 1 aromatic rings. The number of aryl methyl sites for hydroxylation is 1. The molecule has 0 bridgehead atoms. The van der Waals surface area contributed by atoms with E-state index >= 15 is 0 Å². The van der Waals surface area contributed by atoms with E-state index in [1.54, 1.807) is 6.92 Å². The second kappa shape index (κ2) is 5.89. The highest BCUT2D eigenvalue weighted by molar-refractivity contribution is 7.89. The Labute approximate surface area is 124 Å². The second-order valence-electron chi connectivity index (χ2n) is 5.22. The minimum atomic E-state index is -3.70. The van der Waals surface area contributed by atoms with Crippen LogP contribution >= 0.6 is 11.6 Å². The number of hydrogen-bond donors (Lipinski definition) is 3. The van der Waals surface area contributed by atoms with Crippen LogP contribution in [-0.2, 0) is 10.0 Å². The van der Waals surface area contributed by atoms with Crippen LogP contribution in [0.25, 0.3) is 0 Å². The lowest BCUT2D eigenvalue weighted by Crippen LogP contribution is -2.44. The van der Waals surface area contributed by atoms with E-state index in [1.165, 1.54) is 12.1 Å². The molecule has 1 saturated carbocycles. The fraction of sp³-hybridized carbons (Fsp3) is 0.538. The summed E-state index contributed by atoms with van der Waals surface area (Å²) >= 11 is 5.93. The number of aliphatic hydroxyl groups is 1. The van der Waals surface area contributed by atoms with E-state index in [4.69, 9.17) is 17.3 Å². The third kappa shape index (κ3) is 3.25. The number of anilines is 1. The zero-order chi connectivity index (χ0) is 14.9. The van der Waals surface area contributed by atoms with Crippen molar-refractivity contribution in [3.63, 3.8) is 0 Å². The van der Waals surface area contributed by atoms with Gasteiger partial charge in [-0.2, -0.15) is 0 Å². The molecule has 2 atom stereocenters. The Balaban J connectivity index is 2.26. The van der Waals surface area contributed by atoms with Crippen molar-refractivity contribution in [1.82, 2.24) is 4.72 Å². The number of rotatable bonds is 3. The van der Waals surface area contributed by atoms with Crippen LogP contribution in [0.1, 0.15) is 31.2 Å². The number of aliphatic hydroxyl groups excluding tert-OH is 1. The molecule has 112 valence electrons. The van der Waals surface area contributed by atoms with Gasteiger partial charge < -0.3 is 10.8 Å². The second-order valence-corrected chi connectivity index (χ2v) is 7.31. The van der Waals surface area contributed by atoms with Gasteiger partial charge in [0.1, 0.15) is 0 Å². The number of nitrogens with one attached hydrogen (secondary N) is 1. The Morgan fingerprint density at radius 3 is 2.60 bits per heavy atom. The van der Waals surface area contributed by atoms with E-state index in [9.17, 15) is 13.5 Å². The number of halogens is 1. The average Bonchev–Trinajstić information content (AvgIpc) is 2.38. The van der Waals surface area contributed by atoms with Gasteiger partial charge in [0, 0.05) is 6.04 Å². The summed E-state index contributed by atoms with van der Waals surface area (Å²) in [5, 5.41) is 10.2. The minimum absolute atomic E-state index is 0.0784. The van der Waals surface area contributed by atoms with Crippen molar-refractivity contribution in [2.45, 2.75) is 49.6 Å². The van der Waals surface area contributed by atoms with Crippen LogP contribution < -0.4 is 10.5 Å². The van der Waals surface area contributed by atoms with Gasteiger partial charge in [-0.25, -0.2) is 13.1 Å². The van der Waals surface area contributed by atoms with Gasteiger partial charge in [0.2, 0.25) is 10.0 Å². The molecule has 0 aliphatic heterocycles. The first-order chi connectivity index (χ1) is 9.31. The Bertz CT molecular complexity index is 581. The molecule has 0 spiro atoms. The van der Waals surface area contributed by atoms with Crippen molar-refractivity contribution in [2.24, 2.45) is 0 Å². The molecule has 0 unspecified atom stereocenters. The van der Waals surface area contributed by atoms with Gasteiger partial charge in [-0.1, -0.05) is 24.4 Å². The Morgan fingerprint density at radius 2 is 2.00 bits per heavy atom. The third-order valence-corrected chi connectivity index (χ3v) is 5.59. The molecule has 7 heteroatoms. The first kappa shape index (κ1) is 15.6. The van der Waals surface area contributed by atoms with Crippen molar-refractivity contribution < 1.29 is 13.5 Å². The highest BCUT2D eigenvalue weighted by Gasteiger charge is 2.28. The summed E-state index contributed by atoms with van der Waals surface area (Å²) in [5.74, 6) is 0. The normalized spacial score (nSPS) is 23.8. The molecule has 0 heterocycles. The molecule has 2 rings (SSSR count). The Kier molecular flexibility index (Phi) is 4.59. The van der Waals surface area contributed by atoms with E-state index < -0.39 is 22.2 Å². The molecular weight excluding hydrogens is 300 g/mol. The van der Waals surface area contributed by atoms with E-state index in [2.05, 4.69) is 4.72 Å². The molecule has 0 radical (unpaired) electrons. The summed E-state index contributed by atoms with van der Waals surface area (Å²) in [6.45, 7) is 1.70. The summed E-state index contributed by atoms with van der Waals surface area (Å²) < 4.78 is 27.2. The summed E-state index contributed by atoms with van der Waals surface area (Å²) in [5.41, 5.74) is 6.55. The molecule has 1 aliphatic carbocycles. The molecule has 0 saturated heterocycles. The largest absolute Gasteiger partial charge is 0.397 e. The lowest BCUT2D eigenvalue weighted by Gasteiger charge is -2.28. The van der Waals surface area contributed by atoms with E-state index in [0.717, 1.165) is 12.8 Å². The summed E-state index contributed by atoms with van der Waals surface area (Å²) in [6.07, 6.45) is 2.46. The lowest BCUT2D eigenvalue weighted by molar-refractivity contribution is 0.101. The molecule has 5 nitrogen and oxygen atoms in total. The Morgan fingerprint density at radius 1 is 1.35 bits per heavy atom. The smallest absolute Gasteiger partial charge is 0.240 e. The molecule has 20 heavy (non-hydrogen) atoms. The van der Waals surface area contributed by atoms with Gasteiger partial charge in [-0.05, 0) is 37.5 Å². The predicted octanol–water partition coefficient (Wildman–Crippen LogP) is 1.81. The van der Waals surface area contributed by atoms with Crippen molar-refractivity contribution in [3.05, 3.63) is 22.7 Å². The number of benzene rings is 1. The van der Waals surface area contributed by atoms with E-state index in [0.29, 0.717) is 23.4 Å². The summed E-state index contributed by atoms with van der Waals surface area (Å²) in [6, 6.07) is 2.38. The van der Waals surface area contributed by atoms with Crippen LogP contribution in [0.15, 0.2) is 17.0 Å². The number of sulfonamides is 1. The van der Waals surface area contributed by atoms with Gasteiger partial charge in [-0.15, -0.1) is 0 Å². The molecule has 1 fully saturated rings. The molecule has 1 aromatic carbocycles. The van der Waals surface area contributed by atoms with Crippen molar-refractivity contribution >= 4 is 27.3 Å². The Hall–Kier alpha value is -0.820. The van der Waals surface area contributed by atoms with Gasteiger partial charge >= 0.3 is 0 Å². The summed E-state index contributed by atoms with van der Waals surface area (Å²) in [4.78, 5) is 0.0784. The minimum Gasteiger partial charge on any atom is -0.397 e. The quantitative estimate of drug-likeness (QED) is 0.741. The van der Waals surface area contributed by atoms with Crippen LogP contribution in [0.5, 0.6) is 0 Å². The van der Waals surface area contributed by atoms with Gasteiger partial charge in [0.05, 0.1) is 21.7 Å². The van der Waals surface area contributed by atoms with Gasteiger partial charge in [0.25, 0.3) is 0 Å². The lowest BCUT2D eigenvalue weighted by atomic mass is 9.93. The zero-order valence-corrected chi connectivity index (χ0v) is 12.8. The average molecular weight is 319 g/mol. The van der Waals surface area contributed by atoms with Crippen LogP contribution in [0.4, 0.5) is 5.69 Å². The monoisotopic (exact) mass is 318 g/mol. The third-order valence-electron chi connectivity index (χ3n) is 3.60. The SMILES string of the molecule is Cc1cc(S(=O)(=O)N[C@@H]2CCCC[C@H]2O)cc(N)c1Cl. The van der Waals surface area contributed by atoms with Gasteiger partial charge in [0.15, 0.2) is 0 Å². The molecule has 0 aromatic heterocycles. The number of nitrogen functional groups attached to an aromatic ring is 1. The molecule has 4 N–H and O–H groups in total. The van der Waals surface area contributed by atoms with E-state index in [1.807, 2.05) is 0 Å². The standard InChI is InChI=1S/C13H19ClN2O3S/c1-8-6-9(7-10(15)13(8)14)20(18,19)16-11-4-2-3-5-12(11)17/h6-7,11-12,16-17H,2-5,15H2,1H3/t11-,12-/m1/s1. The number of hydrogen-bond acceptors (Lipinski definition) is 4. The first-order valence-electron chi connectivity index (χ1n) is 6.57. The fourth-order valence-corrected chi connectivity index (χ4v) is 3.97. The predicted molar refractivity (Wildman–Crippen MR) is 79.2 cm³/mol. The van der Waals surface area contributed by atoms with Crippen LogP contribution in [0.3, 0.4) is 0 Å². The fourth-order valence-electron chi connectivity index (χ4n) is 2.43. The summed E-state index contributed by atoms with van der Waals surface area (Å²) in [7, 11) is -3.70. The van der Waals surface area contributed by atoms with Crippen molar-refractivity contribution in [1.29, 1.82) is 0 Å². The van der Waals surface area contributed by atoms with Crippen LogP contribution in [0, 0.1) is 6.92 Å². The zero-order valence-electron chi connectivity index (χ0n) is 11.3. The van der Waals surface area contributed by atoms with Gasteiger partial charge in [-0.3, -0.25) is 0 Å². The molecule has 0 amide bonds. The maximum absolute atomic E-state index is 12.3. The topological polar surface area (TPSA) is 92.4 Å². The molecular formula is C13H19ClN2O3S. The van der Waals surface area contributed by atoms with E-state index in [-0.39, 0.29) is 10.6 Å². The highest BCUT2D eigenvalue weighted by Crippen LogP contribution is 2.27. The van der Waals surface area contributed by atoms with Crippen molar-refractivity contribution in [2.75, 3.05) is 5.73 Å². The first-order valence-corrected chi connectivity index (χ1v) is 8.43. The van der Waals surface area contributed by atoms with Crippen LogP contribution in [-0.4, -0.2) is 25.7 Å². The highest BCUT2D eigenvalue weighted by atomic mass is 35.5. The van der Waals surface area contributed by atoms with Crippen molar-refractivity contribution in [3.8, 4) is 0 Å². The maximum atomic E-state index is 12.3. The number of nitrogens with two attached hydrogens (primary N) is 1. The van der Waals surface area contributed by atoms with Crippen LogP contribution in [0.2, 0.25) is 5.02 Å². The molecule has 1 aliphatic rings.